The molecule has 98 valence electrons. The van der Waals surface area contributed by atoms with E-state index in [1.54, 1.807) is 0 Å². The molecule has 0 radical (unpaired) electrons. The van der Waals surface area contributed by atoms with E-state index in [4.69, 9.17) is 0 Å². The summed E-state index contributed by atoms with van der Waals surface area (Å²) in [5.74, 6) is -0.884. The summed E-state index contributed by atoms with van der Waals surface area (Å²) in [7, 11) is 0. The topological polar surface area (TPSA) is 71.9 Å². The van der Waals surface area contributed by atoms with Gasteiger partial charge in [0.2, 0.25) is 0 Å². The van der Waals surface area contributed by atoms with Crippen LogP contribution < -0.4 is 11.2 Å². The number of carbonyl (C=O) groups excluding carboxylic acids is 1. The number of ketones is 1. The summed E-state index contributed by atoms with van der Waals surface area (Å²) >= 11 is 0. The largest absolute Gasteiger partial charge is 0.333 e. The van der Waals surface area contributed by atoms with Crippen molar-refractivity contribution in [1.82, 2.24) is 9.55 Å². The maximum absolute atomic E-state index is 13.2. The van der Waals surface area contributed by atoms with E-state index in [1.807, 2.05) is 0 Å². The van der Waals surface area contributed by atoms with Gasteiger partial charge in [0, 0.05) is 6.20 Å². The summed E-state index contributed by atoms with van der Waals surface area (Å²) in [5.41, 5.74) is -1.00. The average Bonchev–Trinajstić information content (AvgIpc) is 2.33. The fourth-order valence-electron chi connectivity index (χ4n) is 1.73. The molecule has 0 aliphatic heterocycles. The van der Waals surface area contributed by atoms with Crippen LogP contribution in [0.15, 0.2) is 34.0 Å². The van der Waals surface area contributed by atoms with E-state index in [2.05, 4.69) is 4.98 Å². The fraction of sp³-hybridized carbons (Fsp3) is 0.154. The molecule has 0 amide bonds. The molecule has 0 atom stereocenters. The molecule has 5 nitrogen and oxygen atoms in total. The minimum atomic E-state index is -0.720. The van der Waals surface area contributed by atoms with Crippen molar-refractivity contribution >= 4 is 5.78 Å². The summed E-state index contributed by atoms with van der Waals surface area (Å²) in [6.07, 6.45) is 1.08. The fourth-order valence-corrected chi connectivity index (χ4v) is 1.73. The first-order valence-electron chi connectivity index (χ1n) is 5.54. The highest BCUT2D eigenvalue weighted by molar-refractivity contribution is 5.93. The van der Waals surface area contributed by atoms with E-state index in [1.165, 1.54) is 26.0 Å². The molecule has 0 aliphatic rings. The minimum Gasteiger partial charge on any atom is -0.313 e. The van der Waals surface area contributed by atoms with Crippen molar-refractivity contribution in [3.8, 4) is 5.69 Å². The van der Waals surface area contributed by atoms with E-state index in [0.29, 0.717) is 5.56 Å². The van der Waals surface area contributed by atoms with Crippen LogP contribution in [-0.2, 0) is 0 Å². The molecule has 2 aromatic rings. The summed E-state index contributed by atoms with van der Waals surface area (Å²) in [6, 6.07) is 3.84. The third-order valence-corrected chi connectivity index (χ3v) is 2.76. The highest BCUT2D eigenvalue weighted by atomic mass is 19.1. The maximum Gasteiger partial charge on any atom is 0.333 e. The number of aromatic nitrogens is 2. The molecular formula is C13H11FN2O3. The van der Waals surface area contributed by atoms with Crippen LogP contribution in [0.2, 0.25) is 0 Å². The van der Waals surface area contributed by atoms with Crippen molar-refractivity contribution in [2.75, 3.05) is 0 Å². The number of halogens is 1. The SMILES string of the molecule is CC(=O)c1c[nH]c(=O)n(-c2ccc(F)c(C)c2)c1=O. The summed E-state index contributed by atoms with van der Waals surface area (Å²) < 4.78 is 14.0. The smallest absolute Gasteiger partial charge is 0.313 e. The van der Waals surface area contributed by atoms with Gasteiger partial charge in [-0.1, -0.05) is 0 Å². The van der Waals surface area contributed by atoms with Gasteiger partial charge in [-0.3, -0.25) is 9.59 Å². The van der Waals surface area contributed by atoms with Crippen LogP contribution in [0, 0.1) is 12.7 Å². The number of benzene rings is 1. The Hall–Kier alpha value is -2.50. The molecule has 0 bridgehead atoms. The lowest BCUT2D eigenvalue weighted by Gasteiger charge is -2.07. The lowest BCUT2D eigenvalue weighted by molar-refractivity contribution is 0.101. The number of aryl methyl sites for hydroxylation is 1. The zero-order valence-corrected chi connectivity index (χ0v) is 10.4. The Kier molecular flexibility index (Phi) is 3.16. The van der Waals surface area contributed by atoms with Crippen LogP contribution >= 0.6 is 0 Å². The molecule has 19 heavy (non-hydrogen) atoms. The van der Waals surface area contributed by atoms with Crippen LogP contribution in [0.4, 0.5) is 4.39 Å². The predicted octanol–water partition coefficient (Wildman–Crippen LogP) is 1.18. The van der Waals surface area contributed by atoms with Crippen molar-refractivity contribution in [2.24, 2.45) is 0 Å². The van der Waals surface area contributed by atoms with Gasteiger partial charge in [0.15, 0.2) is 5.78 Å². The molecular weight excluding hydrogens is 251 g/mol. The Balaban J connectivity index is 2.78. The van der Waals surface area contributed by atoms with E-state index in [9.17, 15) is 18.8 Å². The molecule has 0 spiro atoms. The first-order chi connectivity index (χ1) is 8.91. The third-order valence-electron chi connectivity index (χ3n) is 2.76. The maximum atomic E-state index is 13.2. The number of rotatable bonds is 2. The normalized spacial score (nSPS) is 10.5. The van der Waals surface area contributed by atoms with Crippen LogP contribution in [0.3, 0.4) is 0 Å². The molecule has 0 fully saturated rings. The van der Waals surface area contributed by atoms with Gasteiger partial charge in [-0.05, 0) is 37.6 Å². The van der Waals surface area contributed by atoms with E-state index < -0.39 is 22.8 Å². The number of nitrogens with zero attached hydrogens (tertiary/aromatic N) is 1. The van der Waals surface area contributed by atoms with Crippen molar-refractivity contribution in [3.63, 3.8) is 0 Å². The molecule has 1 heterocycles. The van der Waals surface area contributed by atoms with Gasteiger partial charge >= 0.3 is 5.69 Å². The number of nitrogens with one attached hydrogen (secondary N) is 1. The number of Topliss-reactive ketones (excluding diaryl/α,β-unsaturated/α-hetero) is 1. The van der Waals surface area contributed by atoms with Crippen LogP contribution in [0.5, 0.6) is 0 Å². The molecule has 1 aromatic carbocycles. The highest BCUT2D eigenvalue weighted by Crippen LogP contribution is 2.10. The van der Waals surface area contributed by atoms with Crippen molar-refractivity contribution in [1.29, 1.82) is 0 Å². The van der Waals surface area contributed by atoms with Gasteiger partial charge in [-0.2, -0.15) is 0 Å². The first kappa shape index (κ1) is 12.9. The van der Waals surface area contributed by atoms with Gasteiger partial charge in [0.05, 0.1) is 11.3 Å². The first-order valence-corrected chi connectivity index (χ1v) is 5.54. The lowest BCUT2D eigenvalue weighted by atomic mass is 10.2. The second kappa shape index (κ2) is 4.64. The molecule has 0 saturated heterocycles. The Morgan fingerprint density at radius 1 is 1.32 bits per heavy atom. The third kappa shape index (κ3) is 2.24. The van der Waals surface area contributed by atoms with E-state index in [0.717, 1.165) is 16.8 Å². The molecule has 0 saturated carbocycles. The summed E-state index contributed by atoms with van der Waals surface area (Å²) in [4.78, 5) is 37.4. The standard InChI is InChI=1S/C13H11FN2O3/c1-7-5-9(3-4-11(7)14)16-12(18)10(8(2)17)6-15-13(16)19/h3-6H,1-2H3,(H,15,19). The van der Waals surface area contributed by atoms with Crippen molar-refractivity contribution in [2.45, 2.75) is 13.8 Å². The van der Waals surface area contributed by atoms with Gasteiger partial charge in [-0.25, -0.2) is 13.8 Å². The molecule has 1 aromatic heterocycles. The van der Waals surface area contributed by atoms with Crippen LogP contribution in [-0.4, -0.2) is 15.3 Å². The zero-order chi connectivity index (χ0) is 14.2. The molecule has 2 rings (SSSR count). The molecule has 1 N–H and O–H groups in total. The predicted molar refractivity (Wildman–Crippen MR) is 67.4 cm³/mol. The Morgan fingerprint density at radius 3 is 2.58 bits per heavy atom. The monoisotopic (exact) mass is 262 g/mol. The minimum absolute atomic E-state index is 0.124. The van der Waals surface area contributed by atoms with Crippen LogP contribution in [0.25, 0.3) is 5.69 Å². The Labute approximate surface area is 107 Å². The average molecular weight is 262 g/mol. The summed E-state index contributed by atoms with van der Waals surface area (Å²) in [5, 5.41) is 0. The number of carbonyl (C=O) groups is 1. The number of H-pyrrole nitrogens is 1. The zero-order valence-electron chi connectivity index (χ0n) is 10.4. The number of hydrogen-bond acceptors (Lipinski definition) is 3. The van der Waals surface area contributed by atoms with Crippen LogP contribution in [0.1, 0.15) is 22.8 Å². The highest BCUT2D eigenvalue weighted by Gasteiger charge is 2.13. The van der Waals surface area contributed by atoms with Crippen molar-refractivity contribution < 1.29 is 9.18 Å². The summed E-state index contributed by atoms with van der Waals surface area (Å²) in [6.45, 7) is 2.75. The van der Waals surface area contributed by atoms with E-state index in [-0.39, 0.29) is 11.3 Å². The lowest BCUT2D eigenvalue weighted by Crippen LogP contribution is -2.36. The van der Waals surface area contributed by atoms with Gasteiger partial charge in [0.25, 0.3) is 5.56 Å². The Morgan fingerprint density at radius 2 is 2.00 bits per heavy atom. The number of aromatic amines is 1. The second-order valence-electron chi connectivity index (χ2n) is 4.14. The van der Waals surface area contributed by atoms with Gasteiger partial charge in [0.1, 0.15) is 5.82 Å². The molecule has 0 aliphatic carbocycles. The molecule has 0 unspecified atom stereocenters. The van der Waals surface area contributed by atoms with Crippen molar-refractivity contribution in [3.05, 3.63) is 62.2 Å². The quantitative estimate of drug-likeness (QED) is 0.826. The number of hydrogen-bond donors (Lipinski definition) is 1. The van der Waals surface area contributed by atoms with Gasteiger partial charge < -0.3 is 4.98 Å². The second-order valence-corrected chi connectivity index (χ2v) is 4.14. The van der Waals surface area contributed by atoms with Gasteiger partial charge in [-0.15, -0.1) is 0 Å². The molecule has 6 heteroatoms. The van der Waals surface area contributed by atoms with E-state index >= 15 is 0 Å². The Bertz CT molecular complexity index is 774.